The van der Waals surface area contributed by atoms with Crippen LogP contribution in [0.2, 0.25) is 0 Å². The second-order valence-electron chi connectivity index (χ2n) is 2.09. The number of nitrogens with two attached hydrogens (primary N) is 1. The Morgan fingerprint density at radius 3 is 2.29 bits per heavy atom. The van der Waals surface area contributed by atoms with E-state index in [1.54, 1.807) is 20.3 Å². The average Bonchev–Trinajstić information content (AvgIpc) is 2.11. The molecule has 0 aromatic carbocycles. The first-order chi connectivity index (χ1) is 6.45. The summed E-state index contributed by atoms with van der Waals surface area (Å²) in [5.74, 6) is 0.421. The van der Waals surface area contributed by atoms with Gasteiger partial charge in [-0.15, -0.1) is 0 Å². The van der Waals surface area contributed by atoms with Gasteiger partial charge in [0, 0.05) is 20.3 Å². The van der Waals surface area contributed by atoms with Gasteiger partial charge in [-0.05, 0) is 6.42 Å². The van der Waals surface area contributed by atoms with Crippen molar-refractivity contribution >= 4 is 18.3 Å². The minimum absolute atomic E-state index is 0.421. The maximum atomic E-state index is 8.56. The maximum Gasteiger partial charge on any atom is 0.503 e. The first-order valence-electron chi connectivity index (χ1n) is 3.86. The molecular formula is C7H16N4O3. The van der Waals surface area contributed by atoms with Crippen LogP contribution >= 0.6 is 0 Å². The van der Waals surface area contributed by atoms with Crippen molar-refractivity contribution in [2.45, 2.75) is 13.3 Å². The van der Waals surface area contributed by atoms with Crippen LogP contribution in [0.15, 0.2) is 10.1 Å². The van der Waals surface area contributed by atoms with Crippen molar-refractivity contribution in [1.29, 1.82) is 0 Å². The number of hydrazone groups is 1. The smallest absolute Gasteiger partial charge is 0.450 e. The number of nitrogens with zero attached hydrogens (tertiary/aromatic N) is 3. The lowest BCUT2D eigenvalue weighted by molar-refractivity contribution is 0.137. The second-order valence-corrected chi connectivity index (χ2v) is 2.09. The number of rotatable bonds is 2. The molecule has 0 rings (SSSR count). The Kier molecular flexibility index (Phi) is 9.78. The molecule has 0 aliphatic carbocycles. The molecule has 7 heteroatoms. The van der Waals surface area contributed by atoms with Crippen molar-refractivity contribution in [3.8, 4) is 0 Å². The highest BCUT2D eigenvalue weighted by Gasteiger charge is 1.92. The Bertz CT molecular complexity index is 211. The SMILES string of the molecule is CCC=NN(C)C(N)=NC.O=C(O)O. The zero-order valence-corrected chi connectivity index (χ0v) is 8.51. The standard InChI is InChI=1S/C6H14N4.CH2O3/c1-4-5-9-10(3)6(7)8-2;2-1(3)4/h5H,4H2,1-3H3,(H2,7,8);(H2,2,3,4). The first kappa shape index (κ1) is 14.7. The summed E-state index contributed by atoms with van der Waals surface area (Å²) in [7, 11) is 3.39. The molecular weight excluding hydrogens is 188 g/mol. The quantitative estimate of drug-likeness (QED) is 0.344. The molecule has 7 nitrogen and oxygen atoms in total. The molecule has 0 aromatic rings. The van der Waals surface area contributed by atoms with E-state index in [1.165, 1.54) is 5.01 Å². The first-order valence-corrected chi connectivity index (χ1v) is 3.86. The lowest BCUT2D eigenvalue weighted by Crippen LogP contribution is -2.29. The van der Waals surface area contributed by atoms with Gasteiger partial charge < -0.3 is 15.9 Å². The molecule has 0 saturated heterocycles. The van der Waals surface area contributed by atoms with Crippen molar-refractivity contribution in [3.05, 3.63) is 0 Å². The molecule has 0 atom stereocenters. The summed E-state index contributed by atoms with van der Waals surface area (Å²) in [4.78, 5) is 12.3. The van der Waals surface area contributed by atoms with E-state index < -0.39 is 6.16 Å². The minimum atomic E-state index is -1.83. The Balaban J connectivity index is 0. The highest BCUT2D eigenvalue weighted by molar-refractivity contribution is 5.78. The van der Waals surface area contributed by atoms with E-state index >= 15 is 0 Å². The van der Waals surface area contributed by atoms with Crippen LogP contribution in [0, 0.1) is 0 Å². The highest BCUT2D eigenvalue weighted by Crippen LogP contribution is 1.81. The third kappa shape index (κ3) is 12.8. The number of hydrogen-bond donors (Lipinski definition) is 3. The van der Waals surface area contributed by atoms with Crippen LogP contribution in [0.4, 0.5) is 4.79 Å². The molecule has 4 N–H and O–H groups in total. The van der Waals surface area contributed by atoms with Crippen molar-refractivity contribution in [2.24, 2.45) is 15.8 Å². The maximum absolute atomic E-state index is 8.56. The summed E-state index contributed by atoms with van der Waals surface area (Å²) in [5.41, 5.74) is 5.42. The van der Waals surface area contributed by atoms with Gasteiger partial charge in [0.2, 0.25) is 5.96 Å². The molecule has 0 bridgehead atoms. The molecule has 0 radical (unpaired) electrons. The summed E-state index contributed by atoms with van der Waals surface area (Å²) in [6.07, 6.45) is 0.847. The van der Waals surface area contributed by atoms with E-state index in [0.29, 0.717) is 5.96 Å². The van der Waals surface area contributed by atoms with Crippen molar-refractivity contribution in [3.63, 3.8) is 0 Å². The van der Waals surface area contributed by atoms with Crippen molar-refractivity contribution < 1.29 is 15.0 Å². The zero-order chi connectivity index (χ0) is 11.6. The molecule has 14 heavy (non-hydrogen) atoms. The van der Waals surface area contributed by atoms with E-state index in [1.807, 2.05) is 6.92 Å². The molecule has 0 amide bonds. The molecule has 0 aliphatic heterocycles. The Hall–Kier alpha value is -1.79. The minimum Gasteiger partial charge on any atom is -0.450 e. The molecule has 0 spiro atoms. The normalized spacial score (nSPS) is 10.6. The van der Waals surface area contributed by atoms with Gasteiger partial charge in [0.25, 0.3) is 0 Å². The summed E-state index contributed by atoms with van der Waals surface area (Å²) < 4.78 is 0. The van der Waals surface area contributed by atoms with Gasteiger partial charge in [0.05, 0.1) is 0 Å². The molecule has 0 fully saturated rings. The predicted molar refractivity (Wildman–Crippen MR) is 54.7 cm³/mol. The Labute approximate surface area is 82.5 Å². The topological polar surface area (TPSA) is 112 Å². The number of hydrogen-bond acceptors (Lipinski definition) is 3. The van der Waals surface area contributed by atoms with Crippen LogP contribution in [0.1, 0.15) is 13.3 Å². The van der Waals surface area contributed by atoms with Crippen LogP contribution in [-0.2, 0) is 0 Å². The third-order valence-electron chi connectivity index (χ3n) is 0.998. The largest absolute Gasteiger partial charge is 0.503 e. The highest BCUT2D eigenvalue weighted by atomic mass is 16.6. The van der Waals surface area contributed by atoms with Gasteiger partial charge >= 0.3 is 6.16 Å². The fraction of sp³-hybridized carbons (Fsp3) is 0.571. The lowest BCUT2D eigenvalue weighted by Gasteiger charge is -2.09. The van der Waals surface area contributed by atoms with Crippen LogP contribution in [-0.4, -0.2) is 47.6 Å². The molecule has 0 unspecified atom stereocenters. The van der Waals surface area contributed by atoms with E-state index in [0.717, 1.165) is 6.42 Å². The molecule has 0 heterocycles. The number of carbonyl (C=O) groups is 1. The summed E-state index contributed by atoms with van der Waals surface area (Å²) in [6.45, 7) is 2.01. The number of aliphatic imine (C=N–C) groups is 1. The average molecular weight is 204 g/mol. The Morgan fingerprint density at radius 2 is 2.00 bits per heavy atom. The number of guanidine groups is 1. The second kappa shape index (κ2) is 9.30. The summed E-state index contributed by atoms with van der Waals surface area (Å²) >= 11 is 0. The van der Waals surface area contributed by atoms with E-state index in [9.17, 15) is 0 Å². The Morgan fingerprint density at radius 1 is 1.57 bits per heavy atom. The van der Waals surface area contributed by atoms with Gasteiger partial charge in [-0.2, -0.15) is 5.10 Å². The van der Waals surface area contributed by atoms with E-state index in [4.69, 9.17) is 20.7 Å². The predicted octanol–water partition coefficient (Wildman–Crippen LogP) is 0.481. The van der Waals surface area contributed by atoms with E-state index in [-0.39, 0.29) is 0 Å². The van der Waals surface area contributed by atoms with Gasteiger partial charge in [0.1, 0.15) is 0 Å². The van der Waals surface area contributed by atoms with Gasteiger partial charge in [0.15, 0.2) is 0 Å². The summed E-state index contributed by atoms with van der Waals surface area (Å²) in [5, 5.41) is 19.4. The van der Waals surface area contributed by atoms with Gasteiger partial charge in [-0.25, -0.2) is 9.80 Å². The molecule has 0 aromatic heterocycles. The summed E-state index contributed by atoms with van der Waals surface area (Å²) in [6, 6.07) is 0. The van der Waals surface area contributed by atoms with Crippen molar-refractivity contribution in [1.82, 2.24) is 5.01 Å². The van der Waals surface area contributed by atoms with Crippen LogP contribution in [0.25, 0.3) is 0 Å². The zero-order valence-electron chi connectivity index (χ0n) is 8.51. The van der Waals surface area contributed by atoms with Gasteiger partial charge in [-0.1, -0.05) is 6.92 Å². The van der Waals surface area contributed by atoms with Crippen LogP contribution in [0.5, 0.6) is 0 Å². The third-order valence-corrected chi connectivity index (χ3v) is 0.998. The fourth-order valence-corrected chi connectivity index (χ4v) is 0.408. The fourth-order valence-electron chi connectivity index (χ4n) is 0.408. The molecule has 82 valence electrons. The number of carboxylic acid groups (broad SMARTS) is 2. The van der Waals surface area contributed by atoms with Gasteiger partial charge in [-0.3, -0.25) is 4.99 Å². The lowest BCUT2D eigenvalue weighted by atomic mass is 10.6. The monoisotopic (exact) mass is 204 g/mol. The molecule has 0 saturated carbocycles. The molecule has 0 aliphatic rings. The van der Waals surface area contributed by atoms with Crippen LogP contribution < -0.4 is 5.73 Å². The van der Waals surface area contributed by atoms with Crippen LogP contribution in [0.3, 0.4) is 0 Å². The van der Waals surface area contributed by atoms with E-state index in [2.05, 4.69) is 10.1 Å². The van der Waals surface area contributed by atoms with Crippen molar-refractivity contribution in [2.75, 3.05) is 14.1 Å².